The molecule has 2 aromatic carbocycles. The lowest BCUT2D eigenvalue weighted by Crippen LogP contribution is -2.37. The lowest BCUT2D eigenvalue weighted by atomic mass is 9.99. The maximum atomic E-state index is 14.6. The minimum absolute atomic E-state index is 0.111. The number of alkyl halides is 3. The number of fused-ring (bicyclic) bond motifs is 1. The predicted molar refractivity (Wildman–Crippen MR) is 95.0 cm³/mol. The fourth-order valence-corrected chi connectivity index (χ4v) is 2.93. The van der Waals surface area contributed by atoms with Crippen LogP contribution in [0.2, 0.25) is 0 Å². The molecule has 0 fully saturated rings. The molecule has 1 N–H and O–H groups in total. The predicted octanol–water partition coefficient (Wildman–Crippen LogP) is 5.77. The van der Waals surface area contributed by atoms with E-state index in [0.717, 1.165) is 30.3 Å². The number of aromatic nitrogens is 1. The van der Waals surface area contributed by atoms with E-state index < -0.39 is 50.8 Å². The molecule has 0 radical (unpaired) electrons. The van der Waals surface area contributed by atoms with Crippen LogP contribution in [0.25, 0.3) is 22.1 Å². The first kappa shape index (κ1) is 19.6. The van der Waals surface area contributed by atoms with E-state index in [9.17, 15) is 23.1 Å². The second-order valence-corrected chi connectivity index (χ2v) is 7.90. The van der Waals surface area contributed by atoms with Gasteiger partial charge in [-0.15, -0.1) is 0 Å². The van der Waals surface area contributed by atoms with Gasteiger partial charge in [0.15, 0.2) is 11.4 Å². The summed E-state index contributed by atoms with van der Waals surface area (Å²) >= 11 is 17.0. The number of benzene rings is 2. The second-order valence-electron chi connectivity index (χ2n) is 5.38. The fourth-order valence-electron chi connectivity index (χ4n) is 2.57. The first-order valence-electron chi connectivity index (χ1n) is 7.19. The summed E-state index contributed by atoms with van der Waals surface area (Å²) in [6.07, 6.45) is -1.60. The van der Waals surface area contributed by atoms with Crippen molar-refractivity contribution in [2.75, 3.05) is 11.4 Å². The lowest BCUT2D eigenvalue weighted by molar-refractivity contribution is 0.201. The number of hydrogen-bond acceptors (Lipinski definition) is 3. The number of carboxylic acid groups (broad SMARTS) is 1. The molecule has 0 aliphatic heterocycles. The third-order valence-corrected chi connectivity index (χ3v) is 3.97. The molecule has 11 heteroatoms. The molecule has 1 heterocycles. The molecule has 27 heavy (non-hydrogen) atoms. The number of rotatable bonds is 3. The normalized spacial score (nSPS) is 11.8. The van der Waals surface area contributed by atoms with E-state index in [4.69, 9.17) is 39.3 Å². The molecule has 3 rings (SSSR count). The van der Waals surface area contributed by atoms with Crippen molar-refractivity contribution in [1.82, 2.24) is 5.16 Å². The van der Waals surface area contributed by atoms with Gasteiger partial charge in [-0.3, -0.25) is 4.90 Å². The summed E-state index contributed by atoms with van der Waals surface area (Å²) in [6.45, 7) is -0.690. The van der Waals surface area contributed by atoms with Crippen molar-refractivity contribution in [3.8, 4) is 11.1 Å². The van der Waals surface area contributed by atoms with Crippen LogP contribution in [0.1, 0.15) is 0 Å². The Morgan fingerprint density at radius 2 is 1.67 bits per heavy atom. The minimum Gasteiger partial charge on any atom is -0.465 e. The highest BCUT2D eigenvalue weighted by atomic mass is 35.6. The van der Waals surface area contributed by atoms with Gasteiger partial charge in [0.1, 0.15) is 17.5 Å². The fraction of sp³-hybridized carbons (Fsp3) is 0.125. The van der Waals surface area contributed by atoms with Crippen LogP contribution in [0.3, 0.4) is 0 Å². The Kier molecular flexibility index (Phi) is 5.16. The molecular weight excluding hydrogens is 432 g/mol. The summed E-state index contributed by atoms with van der Waals surface area (Å²) in [7, 11) is 0. The van der Waals surface area contributed by atoms with Gasteiger partial charge < -0.3 is 9.63 Å². The van der Waals surface area contributed by atoms with Crippen LogP contribution >= 0.6 is 34.8 Å². The molecule has 0 saturated heterocycles. The van der Waals surface area contributed by atoms with Crippen LogP contribution in [-0.4, -0.2) is 26.7 Å². The number of amides is 1. The number of halogens is 6. The summed E-state index contributed by atoms with van der Waals surface area (Å²) < 4.78 is 46.1. The Bertz CT molecular complexity index is 1020. The van der Waals surface area contributed by atoms with E-state index in [-0.39, 0.29) is 11.0 Å². The molecule has 0 spiro atoms. The third-order valence-electron chi connectivity index (χ3n) is 3.61. The van der Waals surface area contributed by atoms with Gasteiger partial charge in [-0.1, -0.05) is 46.0 Å². The zero-order valence-corrected chi connectivity index (χ0v) is 15.3. The minimum atomic E-state index is -2.04. The monoisotopic (exact) mass is 438 g/mol. The van der Waals surface area contributed by atoms with Crippen LogP contribution in [-0.2, 0) is 0 Å². The summed E-state index contributed by atoms with van der Waals surface area (Å²) in [5, 5.41) is 12.7. The molecule has 142 valence electrons. The Morgan fingerprint density at radius 3 is 2.22 bits per heavy atom. The van der Waals surface area contributed by atoms with Gasteiger partial charge in [0, 0.05) is 5.56 Å². The molecule has 0 bridgehead atoms. The van der Waals surface area contributed by atoms with Crippen molar-refractivity contribution in [1.29, 1.82) is 0 Å². The Hall–Kier alpha value is -2.16. The van der Waals surface area contributed by atoms with Crippen LogP contribution in [0.15, 0.2) is 34.9 Å². The van der Waals surface area contributed by atoms with Gasteiger partial charge in [-0.05, 0) is 24.3 Å². The molecule has 5 nitrogen and oxygen atoms in total. The molecule has 3 aromatic rings. The van der Waals surface area contributed by atoms with Crippen molar-refractivity contribution in [2.45, 2.75) is 3.79 Å². The average molecular weight is 440 g/mol. The number of hydrogen-bond donors (Lipinski definition) is 1. The zero-order chi connectivity index (χ0) is 19.9. The summed E-state index contributed by atoms with van der Waals surface area (Å²) in [6, 6.07) is 5.02. The van der Waals surface area contributed by atoms with Gasteiger partial charge >= 0.3 is 6.09 Å². The highest BCUT2D eigenvalue weighted by Crippen LogP contribution is 2.40. The molecular formula is C16H8Cl3F3N2O3. The highest BCUT2D eigenvalue weighted by Gasteiger charge is 2.33. The van der Waals surface area contributed by atoms with Crippen molar-refractivity contribution in [3.05, 3.63) is 47.8 Å². The summed E-state index contributed by atoms with van der Waals surface area (Å²) in [4.78, 5) is 12.1. The van der Waals surface area contributed by atoms with E-state index in [0.29, 0.717) is 4.90 Å². The van der Waals surface area contributed by atoms with Gasteiger partial charge in [0.2, 0.25) is 3.79 Å². The molecule has 0 aliphatic carbocycles. The Balaban J connectivity index is 2.35. The highest BCUT2D eigenvalue weighted by molar-refractivity contribution is 6.68. The largest absolute Gasteiger partial charge is 0.465 e. The topological polar surface area (TPSA) is 66.6 Å². The molecule has 0 atom stereocenters. The number of carbonyl (C=O) groups is 1. The second kappa shape index (κ2) is 7.10. The van der Waals surface area contributed by atoms with Gasteiger partial charge in [-0.25, -0.2) is 18.0 Å². The maximum Gasteiger partial charge on any atom is 0.413 e. The molecule has 1 aromatic heterocycles. The third kappa shape index (κ3) is 3.78. The van der Waals surface area contributed by atoms with Crippen LogP contribution in [0.5, 0.6) is 0 Å². The summed E-state index contributed by atoms with van der Waals surface area (Å²) in [5.74, 6) is -3.61. The van der Waals surface area contributed by atoms with Crippen molar-refractivity contribution < 1.29 is 27.6 Å². The molecule has 0 unspecified atom stereocenters. The molecule has 0 saturated carbocycles. The van der Waals surface area contributed by atoms with E-state index in [1.807, 2.05) is 0 Å². The van der Waals surface area contributed by atoms with Crippen LogP contribution < -0.4 is 4.90 Å². The standard InChI is InChI=1S/C16H8Cl3F3N2O3/c17-16(18,19)6-24(15(25)26)14-13-10(27-23-14)5-4-9(22)12(13)11-7(20)2-1-3-8(11)21/h1-5H,6H2,(H,25,26). The van der Waals surface area contributed by atoms with E-state index in [1.54, 1.807) is 0 Å². The van der Waals surface area contributed by atoms with Gasteiger partial charge in [0.05, 0.1) is 17.5 Å². The van der Waals surface area contributed by atoms with Crippen LogP contribution in [0, 0.1) is 17.5 Å². The smallest absolute Gasteiger partial charge is 0.413 e. The van der Waals surface area contributed by atoms with Crippen molar-refractivity contribution in [2.24, 2.45) is 0 Å². The van der Waals surface area contributed by atoms with Gasteiger partial charge in [-0.2, -0.15) is 0 Å². The molecule has 0 aliphatic rings. The maximum absolute atomic E-state index is 14.6. The average Bonchev–Trinajstić information content (AvgIpc) is 2.97. The zero-order valence-electron chi connectivity index (χ0n) is 13.0. The van der Waals surface area contributed by atoms with E-state index in [2.05, 4.69) is 5.16 Å². The lowest BCUT2D eigenvalue weighted by Gasteiger charge is -2.21. The van der Waals surface area contributed by atoms with Crippen molar-refractivity contribution in [3.63, 3.8) is 0 Å². The quantitative estimate of drug-likeness (QED) is 0.526. The van der Waals surface area contributed by atoms with Crippen molar-refractivity contribution >= 4 is 57.7 Å². The number of anilines is 1. The SMILES string of the molecule is O=C(O)N(CC(Cl)(Cl)Cl)c1noc2ccc(F)c(-c3c(F)cccc3F)c12. The van der Waals surface area contributed by atoms with Crippen LogP contribution in [0.4, 0.5) is 23.8 Å². The van der Waals surface area contributed by atoms with E-state index >= 15 is 0 Å². The first-order chi connectivity index (χ1) is 12.6. The Morgan fingerprint density at radius 1 is 1.07 bits per heavy atom. The van der Waals surface area contributed by atoms with Gasteiger partial charge in [0.25, 0.3) is 0 Å². The molecule has 1 amide bonds. The first-order valence-corrected chi connectivity index (χ1v) is 8.33. The Labute approximate surface area is 164 Å². The number of nitrogens with zero attached hydrogens (tertiary/aromatic N) is 2. The summed E-state index contributed by atoms with van der Waals surface area (Å²) in [5.41, 5.74) is -1.38. The van der Waals surface area contributed by atoms with E-state index in [1.165, 1.54) is 0 Å².